The third-order valence-electron chi connectivity index (χ3n) is 6.73. The van der Waals surface area contributed by atoms with Crippen LogP contribution >= 0.6 is 22.6 Å². The summed E-state index contributed by atoms with van der Waals surface area (Å²) in [6, 6.07) is 3.52. The molecular formula is C20H24INO4. The maximum atomic E-state index is 12.6. The maximum Gasteiger partial charge on any atom is 0.174 e. The third-order valence-corrected chi connectivity index (χ3v) is 6.73. The molecule has 1 aromatic rings. The largest absolute Gasteiger partial charge is 0.504 e. The first kappa shape index (κ1) is 18.3. The van der Waals surface area contributed by atoms with Crippen LogP contribution in [0.15, 0.2) is 24.8 Å². The number of ether oxygens (including phenoxy) is 1. The van der Waals surface area contributed by atoms with Gasteiger partial charge in [0, 0.05) is 31.1 Å². The van der Waals surface area contributed by atoms with Gasteiger partial charge in [0.2, 0.25) is 0 Å². The molecule has 26 heavy (non-hydrogen) atoms. The molecule has 2 N–H and O–H groups in total. The molecule has 2 heterocycles. The lowest BCUT2D eigenvalue weighted by Gasteiger charge is -2.62. The number of phenolic OH excluding ortho intramolecular Hbond substituents is 1. The molecule has 1 spiro atoms. The highest BCUT2D eigenvalue weighted by atomic mass is 127. The number of ketones is 1. The summed E-state index contributed by atoms with van der Waals surface area (Å²) >= 11 is 2.15. The minimum Gasteiger partial charge on any atom is -0.504 e. The number of halogens is 1. The molecule has 1 saturated carbocycles. The van der Waals surface area contributed by atoms with Gasteiger partial charge in [-0.05, 0) is 35.8 Å². The van der Waals surface area contributed by atoms with Gasteiger partial charge in [0.1, 0.15) is 0 Å². The first-order chi connectivity index (χ1) is 12.5. The molecular weight excluding hydrogens is 445 g/mol. The summed E-state index contributed by atoms with van der Waals surface area (Å²) in [5.41, 5.74) is 0.256. The van der Waals surface area contributed by atoms with E-state index >= 15 is 0 Å². The number of carbonyl (C=O) groups excluding carboxylic acids is 1. The van der Waals surface area contributed by atoms with Gasteiger partial charge in [0.15, 0.2) is 23.4 Å². The van der Waals surface area contributed by atoms with Crippen LogP contribution in [0.25, 0.3) is 0 Å². The lowest BCUT2D eigenvalue weighted by atomic mass is 9.49. The van der Waals surface area contributed by atoms with Gasteiger partial charge in [-0.25, -0.2) is 0 Å². The predicted octanol–water partition coefficient (Wildman–Crippen LogP) is 2.35. The summed E-state index contributed by atoms with van der Waals surface area (Å²) in [4.78, 5) is 16.9. The van der Waals surface area contributed by atoms with E-state index in [1.807, 2.05) is 17.1 Å². The number of benzene rings is 1. The number of aromatic hydroxyl groups is 1. The zero-order valence-electron chi connectivity index (χ0n) is 14.9. The fraction of sp³-hybridized carbons (Fsp3) is 0.550. The molecule has 140 valence electrons. The first-order valence-corrected chi connectivity index (χ1v) is 11.2. The summed E-state index contributed by atoms with van der Waals surface area (Å²) in [5.74, 6) is 0.528. The van der Waals surface area contributed by atoms with Crippen LogP contribution in [-0.2, 0) is 16.6 Å². The number of Topliss-reactive ketones (excluding diaryl/α,β-unsaturated/α-hetero) is 1. The van der Waals surface area contributed by atoms with Gasteiger partial charge in [0.25, 0.3) is 0 Å². The summed E-state index contributed by atoms with van der Waals surface area (Å²) < 4.78 is 5.98. The number of hydrogen-bond donors (Lipinski definition) is 2. The van der Waals surface area contributed by atoms with Gasteiger partial charge in [-0.3, -0.25) is 9.69 Å². The molecule has 2 aliphatic carbocycles. The van der Waals surface area contributed by atoms with Crippen molar-refractivity contribution in [2.45, 2.75) is 48.8 Å². The van der Waals surface area contributed by atoms with E-state index in [1.54, 1.807) is 6.07 Å². The average molecular weight is 469 g/mol. The number of carbonyl (C=O) groups is 1. The summed E-state index contributed by atoms with van der Waals surface area (Å²) in [6.45, 7) is 5.36. The van der Waals surface area contributed by atoms with Crippen molar-refractivity contribution in [3.63, 3.8) is 0 Å². The normalized spacial score (nSPS) is 36.5. The number of likely N-dealkylation sites (tertiary alicyclic amines) is 1. The van der Waals surface area contributed by atoms with Gasteiger partial charge in [0.05, 0.1) is 11.0 Å². The van der Waals surface area contributed by atoms with Crippen molar-refractivity contribution in [2.24, 2.45) is 0 Å². The Kier molecular flexibility index (Phi) is 4.36. The minimum atomic E-state index is -1.00. The highest BCUT2D eigenvalue weighted by molar-refractivity contribution is 14.1. The van der Waals surface area contributed by atoms with E-state index in [1.165, 1.54) is 0 Å². The topological polar surface area (TPSA) is 70.0 Å². The Balaban J connectivity index is 0.000000814. The Morgan fingerprint density at radius 2 is 2.19 bits per heavy atom. The van der Waals surface area contributed by atoms with Crippen molar-refractivity contribution in [1.82, 2.24) is 4.90 Å². The van der Waals surface area contributed by atoms with Crippen LogP contribution in [0.2, 0.25) is 0 Å². The van der Waals surface area contributed by atoms with Crippen molar-refractivity contribution in [3.05, 3.63) is 35.9 Å². The number of hydrogen-bond acceptors (Lipinski definition) is 5. The van der Waals surface area contributed by atoms with Gasteiger partial charge in [-0.15, -0.1) is 6.58 Å². The number of phenols is 1. The first-order valence-electron chi connectivity index (χ1n) is 9.03. The molecule has 2 aliphatic heterocycles. The average Bonchev–Trinajstić information content (AvgIpc) is 3.00. The van der Waals surface area contributed by atoms with Crippen LogP contribution in [0.1, 0.15) is 30.4 Å². The van der Waals surface area contributed by atoms with E-state index < -0.39 is 17.1 Å². The van der Waals surface area contributed by atoms with Crippen molar-refractivity contribution >= 4 is 28.4 Å². The Bertz CT molecular complexity index is 781. The van der Waals surface area contributed by atoms with E-state index in [0.29, 0.717) is 31.4 Å². The number of aliphatic hydroxyl groups is 1. The van der Waals surface area contributed by atoms with Gasteiger partial charge in [-0.2, -0.15) is 0 Å². The lowest BCUT2D eigenvalue weighted by molar-refractivity contribution is -0.187. The molecule has 1 aromatic carbocycles. The van der Waals surface area contributed by atoms with Crippen molar-refractivity contribution in [3.8, 4) is 11.5 Å². The third kappa shape index (κ3) is 2.01. The Hall–Kier alpha value is -1.12. The van der Waals surface area contributed by atoms with Gasteiger partial charge < -0.3 is 14.9 Å². The number of piperidine rings is 1. The highest BCUT2D eigenvalue weighted by Gasteiger charge is 2.72. The highest BCUT2D eigenvalue weighted by Crippen LogP contribution is 2.64. The molecule has 2 bridgehead atoms. The van der Waals surface area contributed by atoms with E-state index in [4.69, 9.17) is 4.74 Å². The zero-order chi connectivity index (χ0) is 18.7. The zero-order valence-corrected chi connectivity index (χ0v) is 17.0. The Morgan fingerprint density at radius 3 is 2.92 bits per heavy atom. The van der Waals surface area contributed by atoms with E-state index in [2.05, 4.69) is 34.1 Å². The maximum absolute atomic E-state index is 12.6. The minimum absolute atomic E-state index is 0.0408. The van der Waals surface area contributed by atoms with Crippen LogP contribution in [0.3, 0.4) is 0 Å². The molecule has 0 radical (unpaired) electrons. The quantitative estimate of drug-likeness (QED) is 0.396. The smallest absolute Gasteiger partial charge is 0.174 e. The molecule has 4 atom stereocenters. The second-order valence-electron chi connectivity index (χ2n) is 7.56. The van der Waals surface area contributed by atoms with Crippen LogP contribution in [0.4, 0.5) is 0 Å². The molecule has 5 rings (SSSR count). The second kappa shape index (κ2) is 6.21. The molecule has 1 saturated heterocycles. The van der Waals surface area contributed by atoms with E-state index in [9.17, 15) is 15.0 Å². The molecule has 0 aromatic heterocycles. The summed E-state index contributed by atoms with van der Waals surface area (Å²) in [6.07, 6.45) is 3.35. The monoisotopic (exact) mass is 469 g/mol. The molecule has 0 amide bonds. The predicted molar refractivity (Wildman–Crippen MR) is 107 cm³/mol. The fourth-order valence-corrected chi connectivity index (χ4v) is 5.80. The van der Waals surface area contributed by atoms with E-state index in [0.717, 1.165) is 24.2 Å². The van der Waals surface area contributed by atoms with Gasteiger partial charge >= 0.3 is 0 Å². The second-order valence-corrected chi connectivity index (χ2v) is 7.56. The molecule has 0 unspecified atom stereocenters. The number of alkyl halides is 1. The van der Waals surface area contributed by atoms with Crippen LogP contribution in [0, 0.1) is 0 Å². The Labute approximate surface area is 167 Å². The van der Waals surface area contributed by atoms with E-state index in [-0.39, 0.29) is 17.6 Å². The molecule has 6 heteroatoms. The van der Waals surface area contributed by atoms with Crippen molar-refractivity contribution in [1.29, 1.82) is 0 Å². The molecule has 4 aliphatic rings. The molecule has 5 nitrogen and oxygen atoms in total. The summed E-state index contributed by atoms with van der Waals surface area (Å²) in [7, 11) is 0. The lowest BCUT2D eigenvalue weighted by Crippen LogP contribution is -2.76. The van der Waals surface area contributed by atoms with Gasteiger partial charge in [-0.1, -0.05) is 34.7 Å². The fourth-order valence-electron chi connectivity index (χ4n) is 5.80. The SMILES string of the molecule is C=CCN1CC[C@]23c4c5ccc(O)c4O[C@H]2C(=O)CC[C@@]3(O)[C@H]1C5.CI. The standard InChI is InChI=1S/C19H21NO4.CH3I/c1-2-8-20-9-7-18-15-11-3-4-12(21)16(15)24-17(18)13(22)5-6-19(18,23)14(20)10-11;1-2/h2-4,14,17,21,23H,1,5-10H2;1H3/t14-,17+,18+,19-;/m1./s1. The molecule has 2 fully saturated rings. The summed E-state index contributed by atoms with van der Waals surface area (Å²) in [5, 5.41) is 22.1. The number of rotatable bonds is 2. The van der Waals surface area contributed by atoms with Crippen molar-refractivity contribution in [2.75, 3.05) is 18.0 Å². The number of nitrogens with zero attached hydrogens (tertiary/aromatic N) is 1. The Morgan fingerprint density at radius 1 is 1.42 bits per heavy atom. The van der Waals surface area contributed by atoms with Crippen LogP contribution in [0.5, 0.6) is 11.5 Å². The van der Waals surface area contributed by atoms with Crippen LogP contribution in [-0.4, -0.2) is 56.7 Å². The van der Waals surface area contributed by atoms with Crippen molar-refractivity contribution < 1.29 is 19.7 Å². The van der Waals surface area contributed by atoms with Crippen LogP contribution < -0.4 is 4.74 Å².